The Labute approximate surface area is 290 Å². The number of benzene rings is 4. The van der Waals surface area contributed by atoms with Gasteiger partial charge in [-0.1, -0.05) is 59.6 Å². The zero-order chi connectivity index (χ0) is 34.2. The third kappa shape index (κ3) is 8.45. The minimum atomic E-state index is -0.241. The summed E-state index contributed by atoms with van der Waals surface area (Å²) in [5, 5.41) is 22.9. The van der Waals surface area contributed by atoms with Crippen LogP contribution in [0.1, 0.15) is 43.0 Å². The number of phenols is 2. The Kier molecular flexibility index (Phi) is 11.6. The quantitative estimate of drug-likeness (QED) is 0.117. The molecule has 1 saturated heterocycles. The van der Waals surface area contributed by atoms with Gasteiger partial charge in [0.2, 0.25) is 0 Å². The number of carbonyl (C=O) groups is 2. The lowest BCUT2D eigenvalue weighted by Crippen LogP contribution is -2.45. The van der Waals surface area contributed by atoms with Crippen LogP contribution in [0.4, 0.5) is 0 Å². The monoisotopic (exact) mass is 686 g/mol. The predicted octanol–water partition coefficient (Wildman–Crippen LogP) is 7.53. The highest BCUT2D eigenvalue weighted by atomic mass is 35.5. The summed E-state index contributed by atoms with van der Waals surface area (Å²) < 4.78 is 10.8. The number of hydrogen-bond acceptors (Lipinski definition) is 8. The molecule has 48 heavy (non-hydrogen) atoms. The van der Waals surface area contributed by atoms with Crippen LogP contribution in [0.25, 0.3) is 12.2 Å². The van der Waals surface area contributed by atoms with Gasteiger partial charge in [0.05, 0.1) is 14.2 Å². The van der Waals surface area contributed by atoms with E-state index in [1.54, 1.807) is 36.4 Å². The van der Waals surface area contributed by atoms with Crippen LogP contribution in [0.15, 0.2) is 84.9 Å². The molecule has 4 aromatic rings. The highest BCUT2D eigenvalue weighted by molar-refractivity contribution is 6.32. The van der Waals surface area contributed by atoms with E-state index in [-0.39, 0.29) is 34.6 Å². The van der Waals surface area contributed by atoms with E-state index in [4.69, 9.17) is 32.7 Å². The van der Waals surface area contributed by atoms with Crippen molar-refractivity contribution < 1.29 is 29.3 Å². The number of phenolic OH excluding ortho intramolecular Hbond substituents is 2. The average Bonchev–Trinajstić information content (AvgIpc) is 3.09. The number of aromatic hydroxyl groups is 2. The summed E-state index contributed by atoms with van der Waals surface area (Å²) >= 11 is 12.5. The van der Waals surface area contributed by atoms with Gasteiger partial charge in [0.25, 0.3) is 0 Å². The summed E-state index contributed by atoms with van der Waals surface area (Å²) in [6.07, 6.45) is 6.24. The van der Waals surface area contributed by atoms with Gasteiger partial charge in [-0.3, -0.25) is 19.4 Å². The van der Waals surface area contributed by atoms with Crippen LogP contribution < -0.4 is 9.47 Å². The third-order valence-corrected chi connectivity index (χ3v) is 8.90. The molecule has 2 N–H and O–H groups in total. The van der Waals surface area contributed by atoms with E-state index in [1.165, 1.54) is 38.5 Å². The van der Waals surface area contributed by atoms with Gasteiger partial charge in [0.15, 0.2) is 34.6 Å². The lowest BCUT2D eigenvalue weighted by Gasteiger charge is -2.35. The Morgan fingerprint density at radius 1 is 0.667 bits per heavy atom. The molecule has 1 aliphatic rings. The zero-order valence-corrected chi connectivity index (χ0v) is 28.2. The Morgan fingerprint density at radius 2 is 1.04 bits per heavy atom. The number of ether oxygens (including phenoxy) is 2. The van der Waals surface area contributed by atoms with Crippen LogP contribution in [-0.4, -0.2) is 72.0 Å². The molecule has 0 radical (unpaired) electrons. The molecular formula is C38H36Cl2N2O6. The van der Waals surface area contributed by atoms with Gasteiger partial charge < -0.3 is 19.7 Å². The van der Waals surface area contributed by atoms with Gasteiger partial charge in [0, 0.05) is 71.6 Å². The standard InChI is InChI=1S/C38H36Cl2N2O6/c1-47-35-21-27(33(43)13-11-25-7-3-5-9-31(25)39)19-29(37(35)45)23-41-15-17-42(18-16-41)24-30-20-28(22-36(48-2)38(30)46)34(44)14-12-26-8-4-6-10-32(26)40/h3-14,19-22,45-46H,15-18,23-24H2,1-2H3/b13-11+,14-12+. The van der Waals surface area contributed by atoms with Crippen molar-refractivity contribution in [1.82, 2.24) is 9.80 Å². The van der Waals surface area contributed by atoms with Crippen molar-refractivity contribution in [2.24, 2.45) is 0 Å². The number of hydrogen-bond donors (Lipinski definition) is 2. The first kappa shape index (κ1) is 34.7. The first-order chi connectivity index (χ1) is 23.2. The highest BCUT2D eigenvalue weighted by Crippen LogP contribution is 2.35. The van der Waals surface area contributed by atoms with Crippen molar-refractivity contribution in [3.63, 3.8) is 0 Å². The number of piperazine rings is 1. The maximum absolute atomic E-state index is 13.1. The molecule has 10 heteroatoms. The number of methoxy groups -OCH3 is 2. The van der Waals surface area contributed by atoms with Crippen molar-refractivity contribution >= 4 is 46.9 Å². The smallest absolute Gasteiger partial charge is 0.186 e. The number of carbonyl (C=O) groups excluding carboxylic acids is 2. The molecule has 1 heterocycles. The molecule has 0 bridgehead atoms. The predicted molar refractivity (Wildman–Crippen MR) is 190 cm³/mol. The summed E-state index contributed by atoms with van der Waals surface area (Å²) in [5.74, 6) is -0.0474. The Balaban J connectivity index is 1.25. The second kappa shape index (κ2) is 16.0. The number of rotatable bonds is 12. The van der Waals surface area contributed by atoms with Crippen LogP contribution >= 0.6 is 23.2 Å². The van der Waals surface area contributed by atoms with E-state index in [9.17, 15) is 19.8 Å². The Bertz CT molecular complexity index is 1730. The minimum absolute atomic E-state index is 0.00588. The molecule has 0 amide bonds. The molecule has 0 unspecified atom stereocenters. The Hall–Kier alpha value is -4.60. The second-order valence-corrected chi connectivity index (χ2v) is 12.2. The molecule has 0 aromatic heterocycles. The molecular weight excluding hydrogens is 651 g/mol. The molecule has 0 atom stereocenters. The second-order valence-electron chi connectivity index (χ2n) is 11.4. The number of allylic oxidation sites excluding steroid dienone is 2. The first-order valence-electron chi connectivity index (χ1n) is 15.3. The van der Waals surface area contributed by atoms with E-state index in [0.717, 1.165) is 11.1 Å². The van der Waals surface area contributed by atoms with Gasteiger partial charge in [-0.15, -0.1) is 0 Å². The van der Waals surface area contributed by atoms with Gasteiger partial charge >= 0.3 is 0 Å². The summed E-state index contributed by atoms with van der Waals surface area (Å²) in [4.78, 5) is 30.5. The third-order valence-electron chi connectivity index (χ3n) is 8.21. The molecule has 248 valence electrons. The number of halogens is 2. The summed E-state index contributed by atoms with van der Waals surface area (Å²) in [7, 11) is 2.90. The molecule has 0 saturated carbocycles. The van der Waals surface area contributed by atoms with Crippen LogP contribution in [0.3, 0.4) is 0 Å². The van der Waals surface area contributed by atoms with Crippen LogP contribution in [0, 0.1) is 0 Å². The Morgan fingerprint density at radius 3 is 1.40 bits per heavy atom. The lowest BCUT2D eigenvalue weighted by atomic mass is 10.0. The summed E-state index contributed by atoms with van der Waals surface area (Å²) in [6.45, 7) is 3.50. The van der Waals surface area contributed by atoms with Gasteiger partial charge in [0.1, 0.15) is 0 Å². The van der Waals surface area contributed by atoms with Crippen LogP contribution in [0.5, 0.6) is 23.0 Å². The number of nitrogens with zero attached hydrogens (tertiary/aromatic N) is 2. The lowest BCUT2D eigenvalue weighted by molar-refractivity contribution is 0.103. The zero-order valence-electron chi connectivity index (χ0n) is 26.7. The molecule has 1 fully saturated rings. The van der Waals surface area contributed by atoms with Crippen molar-refractivity contribution in [2.45, 2.75) is 13.1 Å². The van der Waals surface area contributed by atoms with E-state index in [0.29, 0.717) is 71.6 Å². The summed E-state index contributed by atoms with van der Waals surface area (Å²) in [5.41, 5.74) is 3.40. The van der Waals surface area contributed by atoms with Crippen molar-refractivity contribution in [1.29, 1.82) is 0 Å². The summed E-state index contributed by atoms with van der Waals surface area (Å²) in [6, 6.07) is 20.9. The molecule has 5 rings (SSSR count). The largest absolute Gasteiger partial charge is 0.504 e. The number of ketones is 2. The van der Waals surface area contributed by atoms with Crippen molar-refractivity contribution in [3.05, 3.63) is 128 Å². The van der Waals surface area contributed by atoms with E-state index >= 15 is 0 Å². The SMILES string of the molecule is COc1cc(C(=O)/C=C/c2ccccc2Cl)cc(CN2CCN(Cc3cc(C(=O)/C=C/c4ccccc4Cl)cc(OC)c3O)CC2)c1O. The molecule has 4 aromatic carbocycles. The van der Waals surface area contributed by atoms with Crippen LogP contribution in [-0.2, 0) is 13.1 Å². The van der Waals surface area contributed by atoms with Crippen molar-refractivity contribution in [3.8, 4) is 23.0 Å². The van der Waals surface area contributed by atoms with Crippen molar-refractivity contribution in [2.75, 3.05) is 40.4 Å². The van der Waals surface area contributed by atoms with Gasteiger partial charge in [-0.2, -0.15) is 0 Å². The fraction of sp³-hybridized carbons (Fsp3) is 0.211. The molecule has 0 spiro atoms. The minimum Gasteiger partial charge on any atom is -0.504 e. The normalized spacial score (nSPS) is 14.1. The average molecular weight is 688 g/mol. The highest BCUT2D eigenvalue weighted by Gasteiger charge is 2.23. The van der Waals surface area contributed by atoms with E-state index in [1.807, 2.05) is 36.4 Å². The maximum atomic E-state index is 13.1. The van der Waals surface area contributed by atoms with Gasteiger partial charge in [-0.05, 0) is 71.8 Å². The van der Waals surface area contributed by atoms with Crippen LogP contribution in [0.2, 0.25) is 10.0 Å². The molecule has 1 aliphatic heterocycles. The first-order valence-corrected chi connectivity index (χ1v) is 16.1. The maximum Gasteiger partial charge on any atom is 0.186 e. The van der Waals surface area contributed by atoms with E-state index < -0.39 is 0 Å². The fourth-order valence-corrected chi connectivity index (χ4v) is 5.90. The fourth-order valence-electron chi connectivity index (χ4n) is 5.50. The van der Waals surface area contributed by atoms with E-state index in [2.05, 4.69) is 9.80 Å². The topological polar surface area (TPSA) is 99.5 Å². The molecule has 8 nitrogen and oxygen atoms in total. The molecule has 0 aliphatic carbocycles. The van der Waals surface area contributed by atoms with Gasteiger partial charge in [-0.25, -0.2) is 0 Å².